The van der Waals surface area contributed by atoms with Crippen molar-refractivity contribution in [1.82, 2.24) is 10.2 Å². The fourth-order valence-corrected chi connectivity index (χ4v) is 4.33. The summed E-state index contributed by atoms with van der Waals surface area (Å²) in [5, 5.41) is 5.35. The van der Waals surface area contributed by atoms with Crippen LogP contribution in [0.5, 0.6) is 0 Å². The molecule has 1 saturated carbocycles. The molecule has 1 aliphatic carbocycles. The maximum atomic E-state index is 12.2. The zero-order valence-corrected chi connectivity index (χ0v) is 12.8. The minimum atomic E-state index is 0.276. The van der Waals surface area contributed by atoms with Crippen molar-refractivity contribution in [2.75, 3.05) is 19.6 Å². The predicted octanol–water partition coefficient (Wildman–Crippen LogP) is 3.19. The van der Waals surface area contributed by atoms with Crippen LogP contribution in [0.1, 0.15) is 49.4 Å². The van der Waals surface area contributed by atoms with Crippen LogP contribution < -0.4 is 5.32 Å². The molecule has 2 heterocycles. The van der Waals surface area contributed by atoms with Gasteiger partial charge < -0.3 is 5.32 Å². The van der Waals surface area contributed by atoms with E-state index in [1.54, 1.807) is 0 Å². The van der Waals surface area contributed by atoms with Gasteiger partial charge in [-0.3, -0.25) is 9.69 Å². The van der Waals surface area contributed by atoms with Crippen LogP contribution in [0.2, 0.25) is 0 Å². The molecule has 1 aromatic heterocycles. The minimum absolute atomic E-state index is 0.276. The quantitative estimate of drug-likeness (QED) is 0.904. The Labute approximate surface area is 125 Å². The molecule has 1 amide bonds. The van der Waals surface area contributed by atoms with Crippen molar-refractivity contribution in [2.45, 2.75) is 44.6 Å². The van der Waals surface area contributed by atoms with Crippen molar-refractivity contribution >= 4 is 17.2 Å². The number of nitrogens with one attached hydrogen (secondary N) is 1. The number of rotatable bonds is 5. The number of amides is 1. The molecule has 1 N–H and O–H groups in total. The fourth-order valence-electron chi connectivity index (χ4n) is 3.47. The molecule has 0 unspecified atom stereocenters. The van der Waals surface area contributed by atoms with Gasteiger partial charge in [-0.05, 0) is 50.2 Å². The van der Waals surface area contributed by atoms with Gasteiger partial charge in [0.05, 0.1) is 6.04 Å². The second kappa shape index (κ2) is 6.72. The summed E-state index contributed by atoms with van der Waals surface area (Å²) >= 11 is 1.81. The van der Waals surface area contributed by atoms with Gasteiger partial charge in [-0.1, -0.05) is 18.9 Å². The first-order valence-electron chi connectivity index (χ1n) is 7.90. The Bertz CT molecular complexity index is 420. The average molecular weight is 292 g/mol. The Kier molecular flexibility index (Phi) is 4.73. The Hall–Kier alpha value is -0.870. The molecule has 1 atom stereocenters. The molecule has 110 valence electrons. The smallest absolute Gasteiger partial charge is 0.223 e. The van der Waals surface area contributed by atoms with Gasteiger partial charge in [0.2, 0.25) is 5.91 Å². The Morgan fingerprint density at radius 3 is 2.70 bits per heavy atom. The van der Waals surface area contributed by atoms with Crippen LogP contribution in [0, 0.1) is 5.92 Å². The minimum Gasteiger partial charge on any atom is -0.354 e. The first-order chi connectivity index (χ1) is 9.84. The van der Waals surface area contributed by atoms with E-state index in [2.05, 4.69) is 27.7 Å². The summed E-state index contributed by atoms with van der Waals surface area (Å²) in [5.41, 5.74) is 0. The first kappa shape index (κ1) is 14.1. The van der Waals surface area contributed by atoms with E-state index in [4.69, 9.17) is 0 Å². The van der Waals surface area contributed by atoms with E-state index in [0.29, 0.717) is 6.04 Å². The predicted molar refractivity (Wildman–Crippen MR) is 82.8 cm³/mol. The second-order valence-corrected chi connectivity index (χ2v) is 6.98. The largest absolute Gasteiger partial charge is 0.354 e. The van der Waals surface area contributed by atoms with E-state index in [1.807, 2.05) is 11.3 Å². The van der Waals surface area contributed by atoms with Crippen LogP contribution in [-0.2, 0) is 4.79 Å². The summed E-state index contributed by atoms with van der Waals surface area (Å²) in [6.07, 6.45) is 7.19. The number of carbonyl (C=O) groups excluding carboxylic acids is 1. The van der Waals surface area contributed by atoms with Crippen LogP contribution in [0.3, 0.4) is 0 Å². The summed E-state index contributed by atoms with van der Waals surface area (Å²) < 4.78 is 0. The number of thiophene rings is 1. The van der Waals surface area contributed by atoms with Crippen LogP contribution in [0.25, 0.3) is 0 Å². The molecular formula is C16H24N2OS. The van der Waals surface area contributed by atoms with Crippen LogP contribution in [0.4, 0.5) is 0 Å². The van der Waals surface area contributed by atoms with Crippen LogP contribution in [-0.4, -0.2) is 30.4 Å². The van der Waals surface area contributed by atoms with E-state index in [9.17, 15) is 4.79 Å². The monoisotopic (exact) mass is 292 g/mol. The van der Waals surface area contributed by atoms with Gasteiger partial charge >= 0.3 is 0 Å². The molecule has 3 rings (SSSR count). The van der Waals surface area contributed by atoms with Crippen molar-refractivity contribution in [1.29, 1.82) is 0 Å². The number of nitrogens with zero attached hydrogens (tertiary/aromatic N) is 1. The molecule has 1 aromatic rings. The molecule has 1 saturated heterocycles. The van der Waals surface area contributed by atoms with Crippen molar-refractivity contribution in [3.63, 3.8) is 0 Å². The van der Waals surface area contributed by atoms with Crippen LogP contribution in [0.15, 0.2) is 17.5 Å². The lowest BCUT2D eigenvalue weighted by Crippen LogP contribution is -2.38. The van der Waals surface area contributed by atoms with E-state index in [0.717, 1.165) is 19.4 Å². The lowest BCUT2D eigenvalue weighted by atomic mass is 10.1. The topological polar surface area (TPSA) is 32.3 Å². The molecule has 0 spiro atoms. The van der Waals surface area contributed by atoms with Crippen molar-refractivity contribution < 1.29 is 4.79 Å². The lowest BCUT2D eigenvalue weighted by Gasteiger charge is -2.27. The van der Waals surface area contributed by atoms with E-state index in [1.165, 1.54) is 43.6 Å². The highest BCUT2D eigenvalue weighted by molar-refractivity contribution is 7.10. The standard InChI is InChI=1S/C16H24N2OS/c19-16(13-6-1-2-7-13)17-12-14(15-8-5-11-20-15)18-9-3-4-10-18/h5,8,11,13-14H,1-4,6-7,9-10,12H2,(H,17,19)/t14-/m0/s1. The maximum Gasteiger partial charge on any atom is 0.223 e. The van der Waals surface area contributed by atoms with Gasteiger partial charge in [0.25, 0.3) is 0 Å². The Morgan fingerprint density at radius 2 is 2.05 bits per heavy atom. The third-order valence-electron chi connectivity index (χ3n) is 4.65. The maximum absolute atomic E-state index is 12.2. The molecule has 3 nitrogen and oxygen atoms in total. The molecule has 20 heavy (non-hydrogen) atoms. The zero-order valence-electron chi connectivity index (χ0n) is 12.0. The summed E-state index contributed by atoms with van der Waals surface area (Å²) in [5.74, 6) is 0.556. The van der Waals surface area contributed by atoms with Gasteiger partial charge in [-0.15, -0.1) is 11.3 Å². The third kappa shape index (κ3) is 3.23. The van der Waals surface area contributed by atoms with Gasteiger partial charge in [-0.25, -0.2) is 0 Å². The molecule has 4 heteroatoms. The number of hydrogen-bond acceptors (Lipinski definition) is 3. The molecule has 2 fully saturated rings. The molecule has 0 radical (unpaired) electrons. The zero-order chi connectivity index (χ0) is 13.8. The fraction of sp³-hybridized carbons (Fsp3) is 0.688. The third-order valence-corrected chi connectivity index (χ3v) is 5.62. The normalized spacial score (nSPS) is 22.2. The number of hydrogen-bond donors (Lipinski definition) is 1. The summed E-state index contributed by atoms with van der Waals surface area (Å²) in [6, 6.07) is 4.69. The number of carbonyl (C=O) groups is 1. The average Bonchev–Trinajstić information content (AvgIpc) is 3.22. The lowest BCUT2D eigenvalue weighted by molar-refractivity contribution is -0.125. The molecule has 1 aliphatic heterocycles. The van der Waals surface area contributed by atoms with E-state index in [-0.39, 0.29) is 11.8 Å². The van der Waals surface area contributed by atoms with Gasteiger partial charge in [0.15, 0.2) is 0 Å². The van der Waals surface area contributed by atoms with E-state index < -0.39 is 0 Å². The van der Waals surface area contributed by atoms with E-state index >= 15 is 0 Å². The van der Waals surface area contributed by atoms with Gasteiger partial charge in [0.1, 0.15) is 0 Å². The summed E-state index contributed by atoms with van der Waals surface area (Å²) in [4.78, 5) is 16.1. The molecular weight excluding hydrogens is 268 g/mol. The first-order valence-corrected chi connectivity index (χ1v) is 8.78. The summed E-state index contributed by atoms with van der Waals surface area (Å²) in [7, 11) is 0. The van der Waals surface area contributed by atoms with Crippen LogP contribution >= 0.6 is 11.3 Å². The summed E-state index contributed by atoms with van der Waals surface area (Å²) in [6.45, 7) is 3.11. The molecule has 0 aromatic carbocycles. The van der Waals surface area contributed by atoms with Crippen molar-refractivity contribution in [3.05, 3.63) is 22.4 Å². The van der Waals surface area contributed by atoms with Gasteiger partial charge in [-0.2, -0.15) is 0 Å². The highest BCUT2D eigenvalue weighted by Crippen LogP contribution is 2.29. The van der Waals surface area contributed by atoms with Crippen molar-refractivity contribution in [2.24, 2.45) is 5.92 Å². The Morgan fingerprint density at radius 1 is 1.30 bits per heavy atom. The van der Waals surface area contributed by atoms with Gasteiger partial charge in [0, 0.05) is 17.3 Å². The van der Waals surface area contributed by atoms with Crippen molar-refractivity contribution in [3.8, 4) is 0 Å². The second-order valence-electron chi connectivity index (χ2n) is 6.00. The SMILES string of the molecule is O=C(NC[C@@H](c1cccs1)N1CCCC1)C1CCCC1. The number of likely N-dealkylation sites (tertiary alicyclic amines) is 1. The highest BCUT2D eigenvalue weighted by atomic mass is 32.1. The highest BCUT2D eigenvalue weighted by Gasteiger charge is 2.27. The molecule has 2 aliphatic rings. The Balaban J connectivity index is 1.59. The molecule has 0 bridgehead atoms.